The number of amides is 1. The molecule has 3 aromatic rings. The summed E-state index contributed by atoms with van der Waals surface area (Å²) in [6.07, 6.45) is 0. The fourth-order valence-electron chi connectivity index (χ4n) is 1.86. The number of fused-ring (bicyclic) bond motifs is 1. The van der Waals surface area contributed by atoms with Crippen molar-refractivity contribution in [2.45, 2.75) is 0 Å². The lowest BCUT2D eigenvalue weighted by Crippen LogP contribution is -2.26. The van der Waals surface area contributed by atoms with Gasteiger partial charge in [0.05, 0.1) is 0 Å². The maximum atomic E-state index is 13.1. The van der Waals surface area contributed by atoms with Gasteiger partial charge in [-0.1, -0.05) is 16.4 Å². The lowest BCUT2D eigenvalue weighted by Gasteiger charge is -2.07. The average Bonchev–Trinajstić information content (AvgIpc) is 2.91. The van der Waals surface area contributed by atoms with Crippen LogP contribution in [0.25, 0.3) is 11.0 Å². The van der Waals surface area contributed by atoms with E-state index in [9.17, 15) is 13.6 Å². The van der Waals surface area contributed by atoms with Crippen LogP contribution in [0.1, 0.15) is 0 Å². The highest BCUT2D eigenvalue weighted by atomic mass is 35.5. The molecule has 1 heterocycles. The normalized spacial score (nSPS) is 10.7. The van der Waals surface area contributed by atoms with Crippen molar-refractivity contribution >= 4 is 34.2 Å². The molecule has 0 unspecified atom stereocenters. The number of hydrogen-bond donors (Lipinski definition) is 1. The Balaban J connectivity index is 1.66. The second-order valence-corrected chi connectivity index (χ2v) is 4.98. The SMILES string of the molecule is O=C(COn1nnc2ccc(Cl)cc21)Nc1ccc(F)c(F)c1. The lowest BCUT2D eigenvalue weighted by atomic mass is 10.3. The van der Waals surface area contributed by atoms with Crippen molar-refractivity contribution in [1.82, 2.24) is 15.2 Å². The van der Waals surface area contributed by atoms with Gasteiger partial charge in [-0.15, -0.1) is 5.10 Å². The Morgan fingerprint density at radius 1 is 1.22 bits per heavy atom. The van der Waals surface area contributed by atoms with Crippen LogP contribution in [0, 0.1) is 11.6 Å². The van der Waals surface area contributed by atoms with Crippen LogP contribution in [0.2, 0.25) is 5.02 Å². The molecule has 3 rings (SSSR count). The molecule has 0 aliphatic carbocycles. The number of hydrogen-bond acceptors (Lipinski definition) is 4. The smallest absolute Gasteiger partial charge is 0.265 e. The summed E-state index contributed by atoms with van der Waals surface area (Å²) in [5, 5.41) is 10.4. The Morgan fingerprint density at radius 3 is 2.83 bits per heavy atom. The van der Waals surface area contributed by atoms with Gasteiger partial charge in [-0.3, -0.25) is 4.79 Å². The highest BCUT2D eigenvalue weighted by molar-refractivity contribution is 6.31. The number of halogens is 3. The third kappa shape index (κ3) is 3.37. The van der Waals surface area contributed by atoms with E-state index in [1.807, 2.05) is 0 Å². The molecule has 6 nitrogen and oxygen atoms in total. The maximum Gasteiger partial charge on any atom is 0.265 e. The Kier molecular flexibility index (Phi) is 4.07. The summed E-state index contributed by atoms with van der Waals surface area (Å²) < 4.78 is 25.9. The monoisotopic (exact) mass is 338 g/mol. The zero-order valence-electron chi connectivity index (χ0n) is 11.5. The number of carbonyl (C=O) groups is 1. The van der Waals surface area contributed by atoms with Crippen molar-refractivity contribution in [3.63, 3.8) is 0 Å². The molecule has 0 aliphatic rings. The molecule has 0 saturated heterocycles. The summed E-state index contributed by atoms with van der Waals surface area (Å²) >= 11 is 5.88. The van der Waals surface area contributed by atoms with E-state index in [0.717, 1.165) is 17.0 Å². The third-order valence-corrected chi connectivity index (χ3v) is 3.13. The van der Waals surface area contributed by atoms with Gasteiger partial charge in [0, 0.05) is 16.8 Å². The summed E-state index contributed by atoms with van der Waals surface area (Å²) in [6.45, 7) is -0.399. The van der Waals surface area contributed by atoms with E-state index in [0.29, 0.717) is 16.1 Å². The van der Waals surface area contributed by atoms with Gasteiger partial charge in [0.25, 0.3) is 5.91 Å². The van der Waals surface area contributed by atoms with Crippen LogP contribution in [-0.4, -0.2) is 27.7 Å². The standard InChI is InChI=1S/C14H9ClF2N4O2/c15-8-1-4-12-13(5-8)21(20-19-12)23-7-14(22)18-9-2-3-10(16)11(17)6-9/h1-6H,7H2,(H,18,22). The van der Waals surface area contributed by atoms with Crippen molar-refractivity contribution in [3.05, 3.63) is 53.1 Å². The summed E-state index contributed by atoms with van der Waals surface area (Å²) in [5.41, 5.74) is 1.16. The topological polar surface area (TPSA) is 69.0 Å². The minimum atomic E-state index is -1.05. The van der Waals surface area contributed by atoms with Crippen LogP contribution < -0.4 is 10.2 Å². The second-order valence-electron chi connectivity index (χ2n) is 4.55. The van der Waals surface area contributed by atoms with Crippen LogP contribution in [0.5, 0.6) is 0 Å². The average molecular weight is 339 g/mol. The summed E-state index contributed by atoms with van der Waals surface area (Å²) in [4.78, 5) is 18.0. The fraction of sp³-hybridized carbons (Fsp3) is 0.0714. The van der Waals surface area contributed by atoms with Gasteiger partial charge < -0.3 is 10.2 Å². The summed E-state index contributed by atoms with van der Waals surface area (Å²) in [7, 11) is 0. The minimum absolute atomic E-state index is 0.115. The minimum Gasteiger partial charge on any atom is -0.385 e. The molecule has 2 aromatic carbocycles. The van der Waals surface area contributed by atoms with E-state index >= 15 is 0 Å². The maximum absolute atomic E-state index is 13.1. The molecule has 0 aliphatic heterocycles. The van der Waals surface area contributed by atoms with Gasteiger partial charge in [-0.25, -0.2) is 8.78 Å². The molecule has 1 amide bonds. The summed E-state index contributed by atoms with van der Waals surface area (Å²) in [6, 6.07) is 7.92. The van der Waals surface area contributed by atoms with Crippen molar-refractivity contribution in [2.24, 2.45) is 0 Å². The molecule has 1 N–H and O–H groups in total. The van der Waals surface area contributed by atoms with Gasteiger partial charge in [0.1, 0.15) is 11.0 Å². The highest BCUT2D eigenvalue weighted by Crippen LogP contribution is 2.16. The van der Waals surface area contributed by atoms with Crippen LogP contribution in [-0.2, 0) is 4.79 Å². The quantitative estimate of drug-likeness (QED) is 0.793. The predicted molar refractivity (Wildman–Crippen MR) is 79.0 cm³/mol. The Bertz CT molecular complexity index is 884. The molecule has 118 valence electrons. The van der Waals surface area contributed by atoms with Gasteiger partial charge in [-0.2, -0.15) is 0 Å². The van der Waals surface area contributed by atoms with Crippen LogP contribution in [0.3, 0.4) is 0 Å². The lowest BCUT2D eigenvalue weighted by molar-refractivity contribution is -0.121. The first-order valence-corrected chi connectivity index (χ1v) is 6.80. The molecule has 0 atom stereocenters. The van der Waals surface area contributed by atoms with E-state index in [1.54, 1.807) is 18.2 Å². The van der Waals surface area contributed by atoms with E-state index < -0.39 is 24.1 Å². The van der Waals surface area contributed by atoms with Crippen LogP contribution >= 0.6 is 11.6 Å². The number of aromatic nitrogens is 3. The molecule has 23 heavy (non-hydrogen) atoms. The Labute approximate surface area is 133 Å². The zero-order chi connectivity index (χ0) is 16.4. The summed E-state index contributed by atoms with van der Waals surface area (Å²) in [5.74, 6) is -2.62. The molecular formula is C14H9ClF2N4O2. The first-order chi connectivity index (χ1) is 11.0. The largest absolute Gasteiger partial charge is 0.385 e. The fourth-order valence-corrected chi connectivity index (χ4v) is 2.02. The van der Waals surface area contributed by atoms with Gasteiger partial charge in [0.2, 0.25) is 0 Å². The molecule has 9 heteroatoms. The highest BCUT2D eigenvalue weighted by Gasteiger charge is 2.10. The van der Waals surface area contributed by atoms with E-state index in [-0.39, 0.29) is 5.69 Å². The Morgan fingerprint density at radius 2 is 2.04 bits per heavy atom. The van der Waals surface area contributed by atoms with E-state index in [2.05, 4.69) is 15.6 Å². The van der Waals surface area contributed by atoms with Crippen LogP contribution in [0.4, 0.5) is 14.5 Å². The number of anilines is 1. The van der Waals surface area contributed by atoms with Gasteiger partial charge in [0.15, 0.2) is 18.2 Å². The second kappa shape index (κ2) is 6.17. The van der Waals surface area contributed by atoms with Gasteiger partial charge in [-0.05, 0) is 35.5 Å². The van der Waals surface area contributed by atoms with Gasteiger partial charge >= 0.3 is 0 Å². The first-order valence-electron chi connectivity index (χ1n) is 6.42. The zero-order valence-corrected chi connectivity index (χ0v) is 12.2. The molecule has 0 radical (unpaired) electrons. The molecule has 0 saturated carbocycles. The molecule has 0 fully saturated rings. The first kappa shape index (κ1) is 15.2. The van der Waals surface area contributed by atoms with Crippen molar-refractivity contribution in [1.29, 1.82) is 0 Å². The van der Waals surface area contributed by atoms with Crippen molar-refractivity contribution in [2.75, 3.05) is 11.9 Å². The van der Waals surface area contributed by atoms with Crippen LogP contribution in [0.15, 0.2) is 36.4 Å². The van der Waals surface area contributed by atoms with Crippen molar-refractivity contribution < 1.29 is 18.4 Å². The third-order valence-electron chi connectivity index (χ3n) is 2.90. The number of benzene rings is 2. The molecule has 0 spiro atoms. The predicted octanol–water partition coefficient (Wildman–Crippen LogP) is 2.43. The molecule has 1 aromatic heterocycles. The molecular weight excluding hydrogens is 330 g/mol. The number of carbonyl (C=O) groups excluding carboxylic acids is 1. The van der Waals surface area contributed by atoms with E-state index in [1.165, 1.54) is 6.07 Å². The Hall–Kier alpha value is -2.74. The van der Waals surface area contributed by atoms with E-state index in [4.69, 9.17) is 16.4 Å². The van der Waals surface area contributed by atoms with Crippen molar-refractivity contribution in [3.8, 4) is 0 Å². The molecule has 0 bridgehead atoms. The number of rotatable bonds is 4. The number of nitrogens with one attached hydrogen (secondary N) is 1. The number of nitrogens with zero attached hydrogens (tertiary/aromatic N) is 3.